The summed E-state index contributed by atoms with van der Waals surface area (Å²) in [5.74, 6) is 0.651. The molecule has 1 saturated heterocycles. The van der Waals surface area contributed by atoms with Gasteiger partial charge >= 0.3 is 0 Å². The Morgan fingerprint density at radius 2 is 1.88 bits per heavy atom. The first-order chi connectivity index (χ1) is 12.6. The number of aryl methyl sites for hydroxylation is 1. The molecule has 3 heterocycles. The highest BCUT2D eigenvalue weighted by molar-refractivity contribution is 5.52. The zero-order chi connectivity index (χ0) is 18.0. The van der Waals surface area contributed by atoms with E-state index in [1.165, 1.54) is 0 Å². The van der Waals surface area contributed by atoms with Crippen molar-refractivity contribution in [2.45, 2.75) is 31.9 Å². The maximum absolute atomic E-state index is 10.9. The Kier molecular flexibility index (Phi) is 4.57. The van der Waals surface area contributed by atoms with E-state index in [0.29, 0.717) is 18.7 Å². The number of oxazole rings is 1. The van der Waals surface area contributed by atoms with Crippen molar-refractivity contribution in [3.05, 3.63) is 71.9 Å². The first-order valence-corrected chi connectivity index (χ1v) is 9.00. The minimum atomic E-state index is -0.830. The van der Waals surface area contributed by atoms with Crippen LogP contribution in [0.5, 0.6) is 0 Å². The third kappa shape index (κ3) is 3.54. The largest absolute Gasteiger partial charge is 0.444 e. The molecular formula is C21H23N3O2. The number of pyridine rings is 1. The quantitative estimate of drug-likeness (QED) is 0.781. The molecule has 1 fully saturated rings. The molecule has 0 unspecified atom stereocenters. The molecule has 1 aromatic carbocycles. The van der Waals surface area contributed by atoms with Gasteiger partial charge in [-0.05, 0) is 43.5 Å². The Balaban J connectivity index is 1.38. The number of hydrogen-bond donors (Lipinski definition) is 1. The molecule has 134 valence electrons. The zero-order valence-electron chi connectivity index (χ0n) is 14.9. The Morgan fingerprint density at radius 1 is 1.12 bits per heavy atom. The van der Waals surface area contributed by atoms with Crippen molar-refractivity contribution < 1.29 is 9.52 Å². The van der Waals surface area contributed by atoms with E-state index in [0.717, 1.165) is 42.1 Å². The van der Waals surface area contributed by atoms with Gasteiger partial charge in [0.15, 0.2) is 0 Å². The second kappa shape index (κ2) is 7.02. The van der Waals surface area contributed by atoms with Gasteiger partial charge in [-0.2, -0.15) is 0 Å². The van der Waals surface area contributed by atoms with E-state index in [2.05, 4.69) is 14.9 Å². The summed E-state index contributed by atoms with van der Waals surface area (Å²) in [6.07, 6.45) is 4.89. The standard InChI is InChI=1S/C21H23N3O2/c1-16-7-8-19(22-13-16)21(25)9-11-24(12-10-21)14-18-15-26-20(23-18)17-5-3-2-4-6-17/h2-8,13,15,25H,9-12,14H2,1H3. The molecule has 0 amide bonds. The van der Waals surface area contributed by atoms with Crippen LogP contribution in [0.3, 0.4) is 0 Å². The topological polar surface area (TPSA) is 62.4 Å². The van der Waals surface area contributed by atoms with Crippen LogP contribution in [0.1, 0.15) is 29.8 Å². The lowest BCUT2D eigenvalue weighted by Gasteiger charge is -2.37. The number of nitrogens with zero attached hydrogens (tertiary/aromatic N) is 3. The molecule has 1 aliphatic heterocycles. The van der Waals surface area contributed by atoms with Crippen molar-refractivity contribution in [2.24, 2.45) is 0 Å². The van der Waals surface area contributed by atoms with Crippen LogP contribution in [0.25, 0.3) is 11.5 Å². The van der Waals surface area contributed by atoms with Gasteiger partial charge in [-0.3, -0.25) is 9.88 Å². The highest BCUT2D eigenvalue weighted by atomic mass is 16.3. The summed E-state index contributed by atoms with van der Waals surface area (Å²) < 4.78 is 5.62. The average molecular weight is 349 g/mol. The minimum absolute atomic E-state index is 0.651. The molecule has 0 spiro atoms. The van der Waals surface area contributed by atoms with Gasteiger partial charge in [0.2, 0.25) is 5.89 Å². The number of aromatic nitrogens is 2. The first-order valence-electron chi connectivity index (χ1n) is 9.00. The van der Waals surface area contributed by atoms with E-state index >= 15 is 0 Å². The van der Waals surface area contributed by atoms with E-state index < -0.39 is 5.60 Å². The molecular weight excluding hydrogens is 326 g/mol. The summed E-state index contributed by atoms with van der Waals surface area (Å²) in [4.78, 5) is 11.3. The third-order valence-electron chi connectivity index (χ3n) is 5.03. The van der Waals surface area contributed by atoms with Gasteiger partial charge in [0.05, 0.1) is 11.4 Å². The van der Waals surface area contributed by atoms with Gasteiger partial charge in [-0.1, -0.05) is 24.3 Å². The fraction of sp³-hybridized carbons (Fsp3) is 0.333. The maximum atomic E-state index is 10.9. The van der Waals surface area contributed by atoms with Crippen LogP contribution >= 0.6 is 0 Å². The van der Waals surface area contributed by atoms with Crippen LogP contribution in [-0.2, 0) is 12.1 Å². The van der Waals surface area contributed by atoms with Crippen LogP contribution in [0, 0.1) is 6.92 Å². The average Bonchev–Trinajstić information content (AvgIpc) is 3.14. The third-order valence-corrected chi connectivity index (χ3v) is 5.03. The predicted molar refractivity (Wildman–Crippen MR) is 99.3 cm³/mol. The van der Waals surface area contributed by atoms with Gasteiger partial charge in [0.25, 0.3) is 0 Å². The van der Waals surface area contributed by atoms with E-state index in [-0.39, 0.29) is 0 Å². The number of rotatable bonds is 4. The minimum Gasteiger partial charge on any atom is -0.444 e. The molecule has 3 aromatic rings. The number of aliphatic hydroxyl groups is 1. The van der Waals surface area contributed by atoms with Gasteiger partial charge < -0.3 is 9.52 Å². The number of hydrogen-bond acceptors (Lipinski definition) is 5. The van der Waals surface area contributed by atoms with Crippen molar-refractivity contribution in [1.29, 1.82) is 0 Å². The summed E-state index contributed by atoms with van der Waals surface area (Å²) in [5, 5.41) is 10.9. The van der Waals surface area contributed by atoms with Crippen LogP contribution < -0.4 is 0 Å². The van der Waals surface area contributed by atoms with Crippen LogP contribution in [-0.4, -0.2) is 33.1 Å². The molecule has 0 saturated carbocycles. The summed E-state index contributed by atoms with van der Waals surface area (Å²) in [6, 6.07) is 13.9. The molecule has 5 heteroatoms. The van der Waals surface area contributed by atoms with Crippen LogP contribution in [0.4, 0.5) is 0 Å². The summed E-state index contributed by atoms with van der Waals surface area (Å²) in [5.41, 5.74) is 2.95. The SMILES string of the molecule is Cc1ccc(C2(O)CCN(Cc3coc(-c4ccccc4)n3)CC2)nc1. The molecule has 1 N–H and O–H groups in total. The highest BCUT2D eigenvalue weighted by Gasteiger charge is 2.35. The fourth-order valence-electron chi connectivity index (χ4n) is 3.40. The molecule has 0 radical (unpaired) electrons. The summed E-state index contributed by atoms with van der Waals surface area (Å²) in [7, 11) is 0. The fourth-order valence-corrected chi connectivity index (χ4v) is 3.40. The maximum Gasteiger partial charge on any atom is 0.226 e. The first kappa shape index (κ1) is 16.9. The zero-order valence-corrected chi connectivity index (χ0v) is 14.9. The lowest BCUT2D eigenvalue weighted by Crippen LogP contribution is -2.42. The predicted octanol–water partition coefficient (Wildman–Crippen LogP) is 3.53. The van der Waals surface area contributed by atoms with Gasteiger partial charge in [0, 0.05) is 31.4 Å². The van der Waals surface area contributed by atoms with Crippen LogP contribution in [0.15, 0.2) is 59.3 Å². The molecule has 1 aliphatic rings. The van der Waals surface area contributed by atoms with Crippen LogP contribution in [0.2, 0.25) is 0 Å². The molecule has 0 aliphatic carbocycles. The number of likely N-dealkylation sites (tertiary alicyclic amines) is 1. The number of piperidine rings is 1. The van der Waals surface area contributed by atoms with E-state index in [4.69, 9.17) is 4.42 Å². The Morgan fingerprint density at radius 3 is 2.58 bits per heavy atom. The van der Waals surface area contributed by atoms with E-state index in [1.807, 2.05) is 55.6 Å². The summed E-state index contributed by atoms with van der Waals surface area (Å²) >= 11 is 0. The Bertz CT molecular complexity index is 850. The normalized spacial score (nSPS) is 17.3. The van der Waals surface area contributed by atoms with Gasteiger partial charge in [-0.25, -0.2) is 4.98 Å². The molecule has 2 aromatic heterocycles. The highest BCUT2D eigenvalue weighted by Crippen LogP contribution is 2.32. The van der Waals surface area contributed by atoms with E-state index in [1.54, 1.807) is 6.26 Å². The second-order valence-electron chi connectivity index (χ2n) is 7.04. The van der Waals surface area contributed by atoms with Crippen molar-refractivity contribution in [3.8, 4) is 11.5 Å². The van der Waals surface area contributed by atoms with Crippen molar-refractivity contribution in [1.82, 2.24) is 14.9 Å². The monoisotopic (exact) mass is 349 g/mol. The van der Waals surface area contributed by atoms with E-state index in [9.17, 15) is 5.11 Å². The molecule has 5 nitrogen and oxygen atoms in total. The Hall–Kier alpha value is -2.50. The molecule has 0 bridgehead atoms. The van der Waals surface area contributed by atoms with Crippen molar-refractivity contribution in [3.63, 3.8) is 0 Å². The molecule has 0 atom stereocenters. The second-order valence-corrected chi connectivity index (χ2v) is 7.04. The smallest absolute Gasteiger partial charge is 0.226 e. The van der Waals surface area contributed by atoms with Crippen molar-refractivity contribution in [2.75, 3.05) is 13.1 Å². The van der Waals surface area contributed by atoms with Gasteiger partial charge in [0.1, 0.15) is 11.9 Å². The molecule has 4 rings (SSSR count). The summed E-state index contributed by atoms with van der Waals surface area (Å²) in [6.45, 7) is 4.35. The molecule has 26 heavy (non-hydrogen) atoms. The van der Waals surface area contributed by atoms with Crippen molar-refractivity contribution >= 4 is 0 Å². The lowest BCUT2D eigenvalue weighted by molar-refractivity contribution is -0.0313. The lowest BCUT2D eigenvalue weighted by atomic mass is 9.87. The number of benzene rings is 1. The van der Waals surface area contributed by atoms with Gasteiger partial charge in [-0.15, -0.1) is 0 Å². The Labute approximate surface area is 153 Å².